The number of rotatable bonds is 4. The minimum absolute atomic E-state index is 0.142. The number of benzene rings is 5. The van der Waals surface area contributed by atoms with Crippen molar-refractivity contribution in [2.24, 2.45) is 0 Å². The zero-order valence-electron chi connectivity index (χ0n) is 58.0. The maximum absolute atomic E-state index is 6.66. The van der Waals surface area contributed by atoms with Crippen molar-refractivity contribution < 1.29 is 0 Å². The number of nitrogens with zero attached hydrogens (tertiary/aromatic N) is 4. The van der Waals surface area contributed by atoms with Crippen molar-refractivity contribution in [2.45, 2.75) is 209 Å². The fraction of sp³-hybridized carbons (Fsp3) is 0.390. The molecular weight excluding hydrogens is 1080 g/mol. The Kier molecular flexibility index (Phi) is 14.9. The summed E-state index contributed by atoms with van der Waals surface area (Å²) in [5.41, 5.74) is 33.9. The van der Waals surface area contributed by atoms with Gasteiger partial charge in [-0.3, -0.25) is 0 Å². The van der Waals surface area contributed by atoms with Crippen LogP contribution in [0.3, 0.4) is 0 Å². The smallest absolute Gasteiger partial charge is 0.118 e. The van der Waals surface area contributed by atoms with E-state index in [4.69, 9.17) is 25.7 Å². The summed E-state index contributed by atoms with van der Waals surface area (Å²) in [6.07, 6.45) is 4.49. The molecule has 0 amide bonds. The summed E-state index contributed by atoms with van der Waals surface area (Å²) in [4.78, 5) is 31.8. The molecule has 460 valence electrons. The summed E-state index contributed by atoms with van der Waals surface area (Å²) in [5, 5.41) is 0. The summed E-state index contributed by atoms with van der Waals surface area (Å²) in [5.74, 6) is 0. The van der Waals surface area contributed by atoms with Gasteiger partial charge in [-0.1, -0.05) is 239 Å². The van der Waals surface area contributed by atoms with Crippen LogP contribution in [0.15, 0.2) is 115 Å². The Hall–Kier alpha value is -7.90. The van der Waals surface area contributed by atoms with Crippen LogP contribution < -0.4 is 5.73 Å². The highest BCUT2D eigenvalue weighted by Crippen LogP contribution is 2.49. The predicted molar refractivity (Wildman–Crippen MR) is 383 cm³/mol. The molecule has 0 fully saturated rings. The monoisotopic (exact) mass is 1180 g/mol. The normalized spacial score (nSPS) is 13.6. The quantitative estimate of drug-likeness (QED) is 0.152. The number of anilines is 1. The van der Waals surface area contributed by atoms with E-state index in [1.54, 1.807) is 0 Å². The lowest BCUT2D eigenvalue weighted by molar-refractivity contribution is 0.568. The van der Waals surface area contributed by atoms with Crippen LogP contribution in [0.1, 0.15) is 222 Å². The van der Waals surface area contributed by atoms with E-state index < -0.39 is 0 Å². The fourth-order valence-corrected chi connectivity index (χ4v) is 12.3. The summed E-state index contributed by atoms with van der Waals surface area (Å²) >= 11 is 0. The summed E-state index contributed by atoms with van der Waals surface area (Å²) in [6.45, 7) is 55.5. The number of aromatic amines is 2. The van der Waals surface area contributed by atoms with Gasteiger partial charge in [0.1, 0.15) is 22.8 Å². The Labute approximate surface area is 531 Å². The Bertz CT molecular complexity index is 4420. The molecule has 0 spiro atoms. The second-order valence-corrected chi connectivity index (χ2v) is 34.0. The maximum atomic E-state index is 6.66. The number of hydrogen-bond donors (Lipinski definition) is 3. The van der Waals surface area contributed by atoms with Crippen LogP contribution >= 0.6 is 0 Å². The topological polar surface area (TPSA) is 109 Å². The molecule has 2 aliphatic rings. The molecule has 0 atom stereocenters. The van der Waals surface area contributed by atoms with Gasteiger partial charge in [0.05, 0.1) is 22.4 Å². The highest BCUT2D eigenvalue weighted by atomic mass is 14.9. The van der Waals surface area contributed by atoms with Crippen molar-refractivity contribution in [1.29, 1.82) is 0 Å². The fourth-order valence-electron chi connectivity index (χ4n) is 12.3. The van der Waals surface area contributed by atoms with Crippen molar-refractivity contribution in [1.82, 2.24) is 29.9 Å². The average molecular weight is 1180 g/mol. The molecule has 5 aromatic carbocycles. The molecule has 0 unspecified atom stereocenters. The van der Waals surface area contributed by atoms with Crippen LogP contribution in [-0.2, 0) is 43.3 Å². The predicted octanol–water partition coefficient (Wildman–Crippen LogP) is 22.4. The highest BCUT2D eigenvalue weighted by molar-refractivity contribution is 6.05. The first-order valence-electron chi connectivity index (χ1n) is 32.2. The Morgan fingerprint density at radius 3 is 0.798 bits per heavy atom. The van der Waals surface area contributed by atoms with Gasteiger partial charge in [0.2, 0.25) is 0 Å². The summed E-state index contributed by atoms with van der Waals surface area (Å²) in [7, 11) is 0. The lowest BCUT2D eigenvalue weighted by Crippen LogP contribution is -2.16. The summed E-state index contributed by atoms with van der Waals surface area (Å²) in [6, 6.07) is 43.7. The van der Waals surface area contributed by atoms with Crippen molar-refractivity contribution in [3.8, 4) is 67.3 Å². The van der Waals surface area contributed by atoms with Gasteiger partial charge < -0.3 is 15.7 Å². The van der Waals surface area contributed by atoms with E-state index in [9.17, 15) is 0 Å². The van der Waals surface area contributed by atoms with E-state index in [0.29, 0.717) is 22.6 Å². The van der Waals surface area contributed by atoms with Gasteiger partial charge in [-0.2, -0.15) is 0 Å². The van der Waals surface area contributed by atoms with Crippen LogP contribution in [0.2, 0.25) is 0 Å². The van der Waals surface area contributed by atoms with Crippen molar-refractivity contribution in [2.75, 3.05) is 5.73 Å². The molecule has 11 rings (SSSR count). The van der Waals surface area contributed by atoms with Gasteiger partial charge in [-0.05, 0) is 165 Å². The third-order valence-corrected chi connectivity index (χ3v) is 18.3. The standard InChI is InChI=1S/C82H97N7/c1-75(2,3)50-33-46(34-51(41-50)76(4,5)6)67-60-27-28-61(84-60)68(47-35-52(77(7,8)9)42-53(36-47)78(10,11)12)63-30-32-65(86-63)70(49-39-56(81(19,20)21)44-57(40-49)82(22,23)24)72-74-73(87-59-26-25-58(83)45-66(59)88-74)71(89-72)69(64-31-29-62(67)85-64)48-37-54(79(13,14)15)43-55(38-48)80(16,17)18/h25-45,85-86H,83H2,1-24H3. The SMILES string of the molecule is CC(C)(C)c1cc(-c2c3nc(c(-c4cc(C(C)(C)C)cc(C(C)(C)C)c4)c4ccc([nH]4)c(-c4cc(C(C)(C)C)cc(C(C)(C)C)c4)c4nc(c(-c5cc(C(C)(C)C)cc(C(C)(C)C)c5)c5ccc2[nH]5)-c2nc5ccc(N)cc5nc2-4)C=C3)cc(C(C)(C)C)c1. The van der Waals surface area contributed by atoms with E-state index in [1.807, 2.05) is 18.2 Å². The number of aromatic nitrogens is 6. The van der Waals surface area contributed by atoms with Crippen LogP contribution in [0.5, 0.6) is 0 Å². The zero-order chi connectivity index (χ0) is 64.8. The number of nitrogens with two attached hydrogens (primary N) is 1. The lowest BCUT2D eigenvalue weighted by Gasteiger charge is -2.26. The molecule has 7 nitrogen and oxygen atoms in total. The second kappa shape index (κ2) is 21.1. The first-order chi connectivity index (χ1) is 41.0. The van der Waals surface area contributed by atoms with Crippen molar-refractivity contribution in [3.05, 3.63) is 171 Å². The largest absolute Gasteiger partial charge is 0.399 e. The molecule has 2 aliphatic heterocycles. The number of H-pyrrole nitrogens is 2. The molecule has 0 radical (unpaired) electrons. The summed E-state index contributed by atoms with van der Waals surface area (Å²) < 4.78 is 0. The van der Waals surface area contributed by atoms with Crippen LogP contribution in [0.25, 0.3) is 113 Å². The van der Waals surface area contributed by atoms with Gasteiger partial charge in [0.15, 0.2) is 0 Å². The molecule has 6 heterocycles. The first-order valence-corrected chi connectivity index (χ1v) is 32.2. The molecule has 0 aliphatic carbocycles. The van der Waals surface area contributed by atoms with E-state index >= 15 is 0 Å². The van der Waals surface area contributed by atoms with E-state index in [-0.39, 0.29) is 43.3 Å². The Morgan fingerprint density at radius 1 is 0.258 bits per heavy atom. The number of nitrogen functional groups attached to an aromatic ring is 1. The molecule has 8 bridgehead atoms. The van der Waals surface area contributed by atoms with E-state index in [1.165, 1.54) is 44.5 Å². The average Bonchev–Trinajstić information content (AvgIpc) is 1.64. The van der Waals surface area contributed by atoms with Gasteiger partial charge in [0, 0.05) is 50.0 Å². The molecule has 0 saturated heterocycles. The highest BCUT2D eigenvalue weighted by Gasteiger charge is 2.33. The first kappa shape index (κ1) is 62.7. The second-order valence-electron chi connectivity index (χ2n) is 34.0. The molecule has 7 heteroatoms. The van der Waals surface area contributed by atoms with Gasteiger partial charge in [-0.15, -0.1) is 0 Å². The van der Waals surface area contributed by atoms with Crippen LogP contribution in [0, 0.1) is 0 Å². The van der Waals surface area contributed by atoms with E-state index in [0.717, 1.165) is 94.9 Å². The lowest BCUT2D eigenvalue weighted by atomic mass is 9.78. The van der Waals surface area contributed by atoms with Crippen LogP contribution in [0.4, 0.5) is 5.69 Å². The molecule has 0 saturated carbocycles. The molecule has 4 aromatic heterocycles. The van der Waals surface area contributed by atoms with Crippen molar-refractivity contribution in [3.63, 3.8) is 0 Å². The number of fused-ring (bicyclic) bond motifs is 12. The van der Waals surface area contributed by atoms with E-state index in [2.05, 4.69) is 285 Å². The Morgan fingerprint density at radius 2 is 0.517 bits per heavy atom. The van der Waals surface area contributed by atoms with Crippen LogP contribution in [-0.4, -0.2) is 29.9 Å². The number of hydrogen-bond acceptors (Lipinski definition) is 5. The Balaban J connectivity index is 1.46. The van der Waals surface area contributed by atoms with Crippen molar-refractivity contribution >= 4 is 50.9 Å². The van der Waals surface area contributed by atoms with Gasteiger partial charge in [-0.25, -0.2) is 19.9 Å². The molecule has 89 heavy (non-hydrogen) atoms. The third-order valence-electron chi connectivity index (χ3n) is 18.3. The zero-order valence-corrected chi connectivity index (χ0v) is 58.0. The van der Waals surface area contributed by atoms with Gasteiger partial charge in [0.25, 0.3) is 0 Å². The third kappa shape index (κ3) is 12.2. The minimum atomic E-state index is -0.186. The number of nitrogens with one attached hydrogen (secondary N) is 2. The maximum Gasteiger partial charge on any atom is 0.118 e. The molecule has 4 N–H and O–H groups in total. The minimum Gasteiger partial charge on any atom is -0.399 e. The molecule has 9 aromatic rings. The van der Waals surface area contributed by atoms with Gasteiger partial charge >= 0.3 is 0 Å². The molecular formula is C82H97N7.